The van der Waals surface area contributed by atoms with Gasteiger partial charge in [-0.15, -0.1) is 0 Å². The number of hydrogen-bond acceptors (Lipinski definition) is 7. The molecule has 1 aromatic carbocycles. The van der Waals surface area contributed by atoms with Crippen molar-refractivity contribution in [2.45, 2.75) is 128 Å². The zero-order chi connectivity index (χ0) is 24.8. The molecule has 1 aliphatic heterocycles. The maximum absolute atomic E-state index is 10.2. The molecule has 1 aromatic rings. The van der Waals surface area contributed by atoms with Crippen molar-refractivity contribution in [1.82, 2.24) is 0 Å². The number of hydrogen-bond donors (Lipinski definition) is 5. The predicted molar refractivity (Wildman–Crippen MR) is 135 cm³/mol. The van der Waals surface area contributed by atoms with Crippen molar-refractivity contribution in [2.75, 3.05) is 12.3 Å². The molecule has 0 radical (unpaired) electrons. The van der Waals surface area contributed by atoms with Crippen molar-refractivity contribution in [1.29, 1.82) is 0 Å². The summed E-state index contributed by atoms with van der Waals surface area (Å²) in [6.45, 7) is 1.76. The van der Waals surface area contributed by atoms with Gasteiger partial charge in [-0.1, -0.05) is 90.0 Å². The Hall–Kier alpha value is -1.38. The first-order valence-corrected chi connectivity index (χ1v) is 13.3. The summed E-state index contributed by atoms with van der Waals surface area (Å²) in [4.78, 5) is 0. The molecule has 34 heavy (non-hydrogen) atoms. The predicted octanol–water partition coefficient (Wildman–Crippen LogP) is 4.08. The number of benzene rings is 1. The molecule has 0 bridgehead atoms. The van der Waals surface area contributed by atoms with Crippen molar-refractivity contribution in [3.05, 3.63) is 23.8 Å². The van der Waals surface area contributed by atoms with Crippen molar-refractivity contribution in [3.63, 3.8) is 0 Å². The summed E-state index contributed by atoms with van der Waals surface area (Å²) in [6, 6.07) is 5.56. The van der Waals surface area contributed by atoms with Crippen LogP contribution < -0.4 is 10.5 Å². The van der Waals surface area contributed by atoms with Crippen LogP contribution in [0.3, 0.4) is 0 Å². The fraction of sp³-hybridized carbons (Fsp3) is 0.778. The van der Waals surface area contributed by atoms with Crippen LogP contribution in [0.2, 0.25) is 0 Å². The fourth-order valence-electron chi connectivity index (χ4n) is 4.47. The van der Waals surface area contributed by atoms with E-state index in [1.807, 2.05) is 12.1 Å². The summed E-state index contributed by atoms with van der Waals surface area (Å²) in [6.07, 6.45) is 11.4. The molecule has 7 nitrogen and oxygen atoms in total. The lowest BCUT2D eigenvalue weighted by molar-refractivity contribution is -0.277. The van der Waals surface area contributed by atoms with E-state index in [2.05, 4.69) is 6.92 Å². The van der Waals surface area contributed by atoms with Gasteiger partial charge in [-0.2, -0.15) is 0 Å². The van der Waals surface area contributed by atoms with Gasteiger partial charge in [-0.3, -0.25) is 0 Å². The van der Waals surface area contributed by atoms with Gasteiger partial charge in [0.15, 0.2) is 0 Å². The van der Waals surface area contributed by atoms with Gasteiger partial charge in [-0.05, 0) is 30.5 Å². The first-order valence-electron chi connectivity index (χ1n) is 13.3. The molecule has 1 fully saturated rings. The van der Waals surface area contributed by atoms with E-state index >= 15 is 0 Å². The zero-order valence-electron chi connectivity index (χ0n) is 20.9. The number of aliphatic hydroxyl groups excluding tert-OH is 4. The Balaban J connectivity index is 1.65. The lowest BCUT2D eigenvalue weighted by Gasteiger charge is -2.39. The number of nitrogen functional groups attached to an aromatic ring is 1. The molecule has 1 saturated heterocycles. The largest absolute Gasteiger partial charge is 0.460 e. The lowest BCUT2D eigenvalue weighted by Crippen LogP contribution is -2.60. The maximum atomic E-state index is 10.2. The van der Waals surface area contributed by atoms with Gasteiger partial charge in [0.05, 0.1) is 12.3 Å². The number of aryl methyl sites for hydroxylation is 1. The van der Waals surface area contributed by atoms with Crippen LogP contribution in [-0.4, -0.2) is 57.7 Å². The van der Waals surface area contributed by atoms with Crippen LogP contribution in [0.1, 0.15) is 96.0 Å². The van der Waals surface area contributed by atoms with E-state index in [-0.39, 0.29) is 0 Å². The van der Waals surface area contributed by atoms with Crippen LogP contribution in [-0.2, 0) is 11.2 Å². The second-order valence-corrected chi connectivity index (χ2v) is 9.68. The topological polar surface area (TPSA) is 125 Å². The molecule has 6 N–H and O–H groups in total. The lowest BCUT2D eigenvalue weighted by atomic mass is 9.99. The summed E-state index contributed by atoms with van der Waals surface area (Å²) >= 11 is 0. The smallest absolute Gasteiger partial charge is 0.229 e. The number of rotatable bonds is 17. The average molecular weight is 482 g/mol. The van der Waals surface area contributed by atoms with Gasteiger partial charge in [0.1, 0.15) is 30.2 Å². The minimum atomic E-state index is -1.48. The molecular weight excluding hydrogens is 434 g/mol. The molecule has 196 valence electrons. The Morgan fingerprint density at radius 3 is 1.91 bits per heavy atom. The molecule has 0 saturated carbocycles. The molecule has 2 rings (SSSR count). The zero-order valence-corrected chi connectivity index (χ0v) is 20.9. The van der Waals surface area contributed by atoms with Crippen LogP contribution in [0, 0.1) is 0 Å². The van der Waals surface area contributed by atoms with E-state index in [9.17, 15) is 20.4 Å². The molecule has 0 amide bonds. The highest BCUT2D eigenvalue weighted by molar-refractivity contribution is 5.54. The normalized spacial score (nSPS) is 24.9. The number of aliphatic hydroxyl groups is 4. The SMILES string of the molecule is CCCCCCCCCCCCCCCc1ccc(N)c(O[C@H]2O[C@@H](CO)[C@@H](O)[C@@H](O)[C@H]2O)c1. The second-order valence-electron chi connectivity index (χ2n) is 9.68. The molecule has 0 aromatic heterocycles. The summed E-state index contributed by atoms with van der Waals surface area (Å²) in [5.41, 5.74) is 7.51. The number of anilines is 1. The first kappa shape index (κ1) is 28.9. The van der Waals surface area contributed by atoms with Crippen LogP contribution in [0.5, 0.6) is 5.75 Å². The third-order valence-corrected chi connectivity index (χ3v) is 6.74. The second kappa shape index (κ2) is 16.3. The summed E-state index contributed by atoms with van der Waals surface area (Å²) in [5, 5.41) is 39.4. The molecule has 5 atom stereocenters. The van der Waals surface area contributed by atoms with Gasteiger partial charge in [0.2, 0.25) is 6.29 Å². The van der Waals surface area contributed by atoms with E-state index < -0.39 is 37.3 Å². The van der Waals surface area contributed by atoms with Crippen LogP contribution in [0.15, 0.2) is 18.2 Å². The summed E-state index contributed by atoms with van der Waals surface area (Å²) in [7, 11) is 0. The molecule has 7 heteroatoms. The summed E-state index contributed by atoms with van der Waals surface area (Å²) < 4.78 is 11.2. The Bertz CT molecular complexity index is 671. The molecule has 0 spiro atoms. The van der Waals surface area contributed by atoms with E-state index in [1.54, 1.807) is 6.07 Å². The Labute approximate surface area is 205 Å². The van der Waals surface area contributed by atoms with Gasteiger partial charge < -0.3 is 35.6 Å². The van der Waals surface area contributed by atoms with Crippen molar-refractivity contribution in [2.24, 2.45) is 0 Å². The minimum Gasteiger partial charge on any atom is -0.460 e. The molecule has 0 aliphatic carbocycles. The third-order valence-electron chi connectivity index (χ3n) is 6.74. The Morgan fingerprint density at radius 2 is 1.35 bits per heavy atom. The van der Waals surface area contributed by atoms with Crippen molar-refractivity contribution in [3.8, 4) is 5.75 Å². The highest BCUT2D eigenvalue weighted by Gasteiger charge is 2.44. The number of nitrogens with two attached hydrogens (primary N) is 1. The van der Waals surface area contributed by atoms with Crippen molar-refractivity contribution < 1.29 is 29.9 Å². The standard InChI is InChI=1S/C27H47NO6/c1-2-3-4-5-6-7-8-9-10-11-12-13-14-15-20-16-17-21(28)22(18-20)33-27-26(32)25(31)24(30)23(19-29)34-27/h16-18,23-27,29-32H,2-15,19,28H2,1H3/t23-,24+,25+,26+,27-/m0/s1. The van der Waals surface area contributed by atoms with Gasteiger partial charge in [-0.25, -0.2) is 0 Å². The molecular formula is C27H47NO6. The quantitative estimate of drug-likeness (QED) is 0.168. The minimum absolute atomic E-state index is 0.358. The van der Waals surface area contributed by atoms with Gasteiger partial charge in [0, 0.05) is 0 Å². The molecule has 1 aliphatic rings. The van der Waals surface area contributed by atoms with Crippen LogP contribution in [0.4, 0.5) is 5.69 Å². The third kappa shape index (κ3) is 9.70. The first-order chi connectivity index (χ1) is 16.5. The Morgan fingerprint density at radius 1 is 0.794 bits per heavy atom. The van der Waals surface area contributed by atoms with E-state index in [0.29, 0.717) is 11.4 Å². The van der Waals surface area contributed by atoms with E-state index in [4.69, 9.17) is 15.2 Å². The molecule has 1 heterocycles. The van der Waals surface area contributed by atoms with Gasteiger partial charge >= 0.3 is 0 Å². The average Bonchev–Trinajstić information content (AvgIpc) is 2.84. The van der Waals surface area contributed by atoms with Crippen molar-refractivity contribution >= 4 is 5.69 Å². The fourth-order valence-corrected chi connectivity index (χ4v) is 4.47. The van der Waals surface area contributed by atoms with Gasteiger partial charge in [0.25, 0.3) is 0 Å². The van der Waals surface area contributed by atoms with E-state index in [0.717, 1.165) is 18.4 Å². The monoisotopic (exact) mass is 481 g/mol. The molecule has 0 unspecified atom stereocenters. The van der Waals surface area contributed by atoms with Crippen LogP contribution >= 0.6 is 0 Å². The highest BCUT2D eigenvalue weighted by atomic mass is 16.7. The summed E-state index contributed by atoms with van der Waals surface area (Å²) in [5.74, 6) is 0.358. The maximum Gasteiger partial charge on any atom is 0.229 e. The van der Waals surface area contributed by atoms with Crippen LogP contribution in [0.25, 0.3) is 0 Å². The van der Waals surface area contributed by atoms with E-state index in [1.165, 1.54) is 77.0 Å². The highest BCUT2D eigenvalue weighted by Crippen LogP contribution is 2.29. The Kier molecular flexibility index (Phi) is 13.9. The number of unbranched alkanes of at least 4 members (excludes halogenated alkanes) is 12. The number of ether oxygens (including phenoxy) is 2.